The SMILES string of the molecule is CC[N+]1(C)c2ccccc2Nc2ccccc21.[I-]. The zero-order chi connectivity index (χ0) is 11.9. The number of benzene rings is 2. The lowest BCUT2D eigenvalue weighted by atomic mass is 10.1. The molecule has 1 heterocycles. The van der Waals surface area contributed by atoms with Crippen LogP contribution in [-0.4, -0.2) is 13.6 Å². The number of anilines is 2. The topological polar surface area (TPSA) is 12.0 Å². The Labute approximate surface area is 125 Å². The molecular formula is C15H17IN2. The third-order valence-electron chi connectivity index (χ3n) is 3.77. The van der Waals surface area contributed by atoms with Gasteiger partial charge in [0.1, 0.15) is 11.4 Å². The molecule has 2 aromatic rings. The predicted molar refractivity (Wildman–Crippen MR) is 74.1 cm³/mol. The zero-order valence-corrected chi connectivity index (χ0v) is 12.8. The maximum atomic E-state index is 3.51. The van der Waals surface area contributed by atoms with E-state index in [0.29, 0.717) is 0 Å². The van der Waals surface area contributed by atoms with Crippen molar-refractivity contribution >= 4 is 22.7 Å². The van der Waals surface area contributed by atoms with E-state index in [-0.39, 0.29) is 24.0 Å². The first kappa shape index (κ1) is 13.4. The molecule has 0 spiro atoms. The van der Waals surface area contributed by atoms with Gasteiger partial charge < -0.3 is 29.3 Å². The molecule has 94 valence electrons. The summed E-state index contributed by atoms with van der Waals surface area (Å²) < 4.78 is 0.860. The molecule has 0 amide bonds. The van der Waals surface area contributed by atoms with E-state index in [9.17, 15) is 0 Å². The number of quaternary nitrogens is 1. The highest BCUT2D eigenvalue weighted by molar-refractivity contribution is 5.88. The van der Waals surface area contributed by atoms with Crippen molar-refractivity contribution < 1.29 is 24.0 Å². The second-order valence-corrected chi connectivity index (χ2v) is 4.67. The van der Waals surface area contributed by atoms with Crippen molar-refractivity contribution in [2.75, 3.05) is 18.9 Å². The van der Waals surface area contributed by atoms with E-state index < -0.39 is 0 Å². The number of hydrogen-bond donors (Lipinski definition) is 1. The number of fused-ring (bicyclic) bond motifs is 2. The Bertz CT molecular complexity index is 520. The molecule has 1 aliphatic rings. The summed E-state index contributed by atoms with van der Waals surface area (Å²) in [6.45, 7) is 3.29. The molecular weight excluding hydrogens is 335 g/mol. The van der Waals surface area contributed by atoms with Gasteiger partial charge in [0.25, 0.3) is 0 Å². The lowest BCUT2D eigenvalue weighted by Gasteiger charge is -2.38. The summed E-state index contributed by atoms with van der Waals surface area (Å²) >= 11 is 0. The maximum Gasteiger partial charge on any atom is 0.161 e. The number of nitrogens with zero attached hydrogens (tertiary/aromatic N) is 1. The van der Waals surface area contributed by atoms with Gasteiger partial charge in [-0.15, -0.1) is 0 Å². The van der Waals surface area contributed by atoms with Gasteiger partial charge in [-0.1, -0.05) is 24.3 Å². The molecule has 0 aromatic heterocycles. The van der Waals surface area contributed by atoms with Crippen molar-refractivity contribution in [1.82, 2.24) is 4.48 Å². The van der Waals surface area contributed by atoms with Crippen LogP contribution in [-0.2, 0) is 0 Å². The van der Waals surface area contributed by atoms with Crippen LogP contribution < -0.4 is 33.8 Å². The molecule has 0 radical (unpaired) electrons. The maximum absolute atomic E-state index is 3.51. The molecule has 3 heteroatoms. The molecule has 0 saturated heterocycles. The van der Waals surface area contributed by atoms with Crippen LogP contribution in [0.3, 0.4) is 0 Å². The van der Waals surface area contributed by atoms with E-state index in [1.165, 1.54) is 22.7 Å². The van der Waals surface area contributed by atoms with Crippen LogP contribution in [0.5, 0.6) is 0 Å². The Balaban J connectivity index is 0.00000120. The molecule has 2 nitrogen and oxygen atoms in total. The highest BCUT2D eigenvalue weighted by atomic mass is 127. The number of halogens is 1. The molecule has 3 rings (SSSR count). The Morgan fingerprint density at radius 2 is 1.33 bits per heavy atom. The minimum atomic E-state index is 0. The van der Waals surface area contributed by atoms with Crippen LogP contribution in [0, 0.1) is 0 Å². The Morgan fingerprint density at radius 1 is 0.889 bits per heavy atom. The fourth-order valence-corrected chi connectivity index (χ4v) is 2.63. The first-order chi connectivity index (χ1) is 8.25. The third kappa shape index (κ3) is 1.82. The van der Waals surface area contributed by atoms with Gasteiger partial charge in [0.05, 0.1) is 13.6 Å². The molecule has 2 aromatic carbocycles. The second kappa shape index (κ2) is 4.90. The van der Waals surface area contributed by atoms with E-state index in [2.05, 4.69) is 67.8 Å². The van der Waals surface area contributed by atoms with Gasteiger partial charge >= 0.3 is 0 Å². The van der Waals surface area contributed by atoms with Crippen LogP contribution in [0.4, 0.5) is 22.7 Å². The number of rotatable bonds is 1. The summed E-state index contributed by atoms with van der Waals surface area (Å²) in [5.41, 5.74) is 5.12. The number of hydrogen-bond acceptors (Lipinski definition) is 1. The Kier molecular flexibility index (Phi) is 3.64. The van der Waals surface area contributed by atoms with Gasteiger partial charge in [-0.05, 0) is 19.1 Å². The largest absolute Gasteiger partial charge is 1.00 e. The van der Waals surface area contributed by atoms with Gasteiger partial charge in [-0.3, -0.25) is 4.48 Å². The van der Waals surface area contributed by atoms with Crippen molar-refractivity contribution in [1.29, 1.82) is 0 Å². The summed E-state index contributed by atoms with van der Waals surface area (Å²) in [4.78, 5) is 0. The fraction of sp³-hybridized carbons (Fsp3) is 0.200. The lowest BCUT2D eigenvalue weighted by molar-refractivity contribution is -0.00000339. The second-order valence-electron chi connectivity index (χ2n) is 4.67. The van der Waals surface area contributed by atoms with Crippen molar-refractivity contribution in [3.05, 3.63) is 48.5 Å². The van der Waals surface area contributed by atoms with Crippen molar-refractivity contribution in [3.8, 4) is 0 Å². The van der Waals surface area contributed by atoms with Crippen LogP contribution in [0.15, 0.2) is 48.5 Å². The first-order valence-corrected chi connectivity index (χ1v) is 6.07. The van der Waals surface area contributed by atoms with Crippen LogP contribution in [0.2, 0.25) is 0 Å². The molecule has 1 aliphatic heterocycles. The first-order valence-electron chi connectivity index (χ1n) is 6.07. The molecule has 18 heavy (non-hydrogen) atoms. The predicted octanol–water partition coefficient (Wildman–Crippen LogP) is 1.04. The molecule has 1 N–H and O–H groups in total. The molecule has 0 atom stereocenters. The van der Waals surface area contributed by atoms with Crippen molar-refractivity contribution in [2.24, 2.45) is 0 Å². The van der Waals surface area contributed by atoms with Crippen LogP contribution in [0.1, 0.15) is 6.92 Å². The number of para-hydroxylation sites is 4. The van der Waals surface area contributed by atoms with E-state index in [1.807, 2.05) is 0 Å². The van der Waals surface area contributed by atoms with E-state index in [1.54, 1.807) is 0 Å². The Hall–Kier alpha value is -1.07. The molecule has 0 saturated carbocycles. The molecule has 0 bridgehead atoms. The van der Waals surface area contributed by atoms with Crippen molar-refractivity contribution in [3.63, 3.8) is 0 Å². The van der Waals surface area contributed by atoms with E-state index >= 15 is 0 Å². The minimum Gasteiger partial charge on any atom is -1.00 e. The average molecular weight is 352 g/mol. The molecule has 0 aliphatic carbocycles. The monoisotopic (exact) mass is 352 g/mol. The van der Waals surface area contributed by atoms with Gasteiger partial charge in [-0.2, -0.15) is 0 Å². The smallest absolute Gasteiger partial charge is 0.161 e. The van der Waals surface area contributed by atoms with Crippen LogP contribution >= 0.6 is 0 Å². The summed E-state index contributed by atoms with van der Waals surface area (Å²) in [5.74, 6) is 0. The standard InChI is InChI=1S/C15H17N2.HI/c1-3-17(2)14-10-6-4-8-12(14)16-13-9-5-7-11-15(13)17;/h4-11,16H,3H2,1-2H3;1H/q+1;/p-1. The highest BCUT2D eigenvalue weighted by Crippen LogP contribution is 2.47. The quantitative estimate of drug-likeness (QED) is 0.597. The summed E-state index contributed by atoms with van der Waals surface area (Å²) in [6, 6.07) is 17.1. The zero-order valence-electron chi connectivity index (χ0n) is 10.7. The third-order valence-corrected chi connectivity index (χ3v) is 3.77. The fourth-order valence-electron chi connectivity index (χ4n) is 2.63. The van der Waals surface area contributed by atoms with Gasteiger partial charge in [0, 0.05) is 12.1 Å². The van der Waals surface area contributed by atoms with Gasteiger partial charge in [0.2, 0.25) is 0 Å². The lowest BCUT2D eigenvalue weighted by Crippen LogP contribution is -3.00. The normalized spacial score (nSPS) is 14.8. The van der Waals surface area contributed by atoms with E-state index in [0.717, 1.165) is 11.0 Å². The van der Waals surface area contributed by atoms with E-state index in [4.69, 9.17) is 0 Å². The highest BCUT2D eigenvalue weighted by Gasteiger charge is 2.35. The summed E-state index contributed by atoms with van der Waals surface area (Å²) in [5, 5.41) is 3.51. The van der Waals surface area contributed by atoms with Crippen molar-refractivity contribution in [2.45, 2.75) is 6.92 Å². The average Bonchev–Trinajstić information content (AvgIpc) is 2.39. The molecule has 0 fully saturated rings. The van der Waals surface area contributed by atoms with Gasteiger partial charge in [-0.25, -0.2) is 0 Å². The summed E-state index contributed by atoms with van der Waals surface area (Å²) in [6.07, 6.45) is 0. The number of nitrogens with one attached hydrogen (secondary N) is 1. The Morgan fingerprint density at radius 3 is 1.78 bits per heavy atom. The minimum absolute atomic E-state index is 0. The summed E-state index contributed by atoms with van der Waals surface area (Å²) in [7, 11) is 2.28. The van der Waals surface area contributed by atoms with Gasteiger partial charge in [0.15, 0.2) is 11.4 Å². The molecule has 0 unspecified atom stereocenters. The van der Waals surface area contributed by atoms with Crippen LogP contribution in [0.25, 0.3) is 0 Å².